The molecular weight excluding hydrogens is 433 g/mol. The van der Waals surface area contributed by atoms with E-state index in [0.29, 0.717) is 22.7 Å². The van der Waals surface area contributed by atoms with Gasteiger partial charge in [0.25, 0.3) is 10.0 Å². The predicted molar refractivity (Wildman–Crippen MR) is 120 cm³/mol. The van der Waals surface area contributed by atoms with Crippen LogP contribution in [0.25, 0.3) is 0 Å². The van der Waals surface area contributed by atoms with Crippen molar-refractivity contribution in [1.29, 1.82) is 0 Å². The molecule has 166 valence electrons. The number of pyridine rings is 1. The average molecular weight is 455 g/mol. The van der Waals surface area contributed by atoms with Crippen molar-refractivity contribution in [3.63, 3.8) is 0 Å². The summed E-state index contributed by atoms with van der Waals surface area (Å²) in [7, 11) is -3.83. The molecule has 0 fully saturated rings. The smallest absolute Gasteiger partial charge is 0.490 e. The van der Waals surface area contributed by atoms with Gasteiger partial charge in [-0.25, -0.2) is 8.42 Å². The first-order chi connectivity index (χ1) is 15.3. The summed E-state index contributed by atoms with van der Waals surface area (Å²) in [5, 5.41) is 20.9. The molecule has 0 aliphatic carbocycles. The third kappa shape index (κ3) is 6.30. The van der Waals surface area contributed by atoms with Crippen molar-refractivity contribution < 1.29 is 28.0 Å². The molecule has 0 radical (unpaired) electrons. The lowest BCUT2D eigenvalue weighted by atomic mass is 9.82. The lowest BCUT2D eigenvalue weighted by Crippen LogP contribution is -2.31. The fourth-order valence-corrected chi connectivity index (χ4v) is 3.85. The molecule has 1 aromatic heterocycles. The third-order valence-corrected chi connectivity index (χ3v) is 5.95. The molecule has 0 aliphatic rings. The van der Waals surface area contributed by atoms with Crippen LogP contribution < -0.4 is 20.2 Å². The van der Waals surface area contributed by atoms with Gasteiger partial charge in [0.2, 0.25) is 5.91 Å². The molecule has 1 amide bonds. The lowest BCUT2D eigenvalue weighted by molar-refractivity contribution is -0.120. The Kier molecular flexibility index (Phi) is 7.47. The van der Waals surface area contributed by atoms with Crippen LogP contribution in [-0.4, -0.2) is 43.6 Å². The molecule has 0 unspecified atom stereocenters. The maximum absolute atomic E-state index is 12.5. The van der Waals surface area contributed by atoms with Crippen LogP contribution >= 0.6 is 0 Å². The van der Waals surface area contributed by atoms with Crippen molar-refractivity contribution in [2.24, 2.45) is 0 Å². The number of hydrogen-bond acceptors (Lipinski definition) is 7. The molecule has 0 aliphatic heterocycles. The van der Waals surface area contributed by atoms with E-state index in [-0.39, 0.29) is 29.2 Å². The second kappa shape index (κ2) is 10.3. The van der Waals surface area contributed by atoms with Crippen LogP contribution in [-0.2, 0) is 27.8 Å². The number of methoxy groups -OCH3 is 1. The second-order valence-electron chi connectivity index (χ2n) is 6.89. The summed E-state index contributed by atoms with van der Waals surface area (Å²) in [4.78, 5) is 16.3. The van der Waals surface area contributed by atoms with Crippen molar-refractivity contribution in [3.05, 3.63) is 78.1 Å². The molecule has 1 heterocycles. The van der Waals surface area contributed by atoms with Gasteiger partial charge in [0.05, 0.1) is 30.7 Å². The minimum Gasteiger partial charge on any atom is -0.497 e. The number of hydrogen-bond donors (Lipinski definition) is 4. The minimum atomic E-state index is -3.75. The van der Waals surface area contributed by atoms with Gasteiger partial charge in [-0.15, -0.1) is 0 Å². The number of nitrogens with one attached hydrogen (secondary N) is 2. The Morgan fingerprint density at radius 3 is 2.28 bits per heavy atom. The van der Waals surface area contributed by atoms with Crippen molar-refractivity contribution in [2.45, 2.75) is 17.9 Å². The van der Waals surface area contributed by atoms with Gasteiger partial charge in [0, 0.05) is 17.3 Å². The fraction of sp³-hybridized carbons (Fsp3) is 0.143. The highest BCUT2D eigenvalue weighted by atomic mass is 32.2. The molecule has 0 saturated heterocycles. The van der Waals surface area contributed by atoms with Gasteiger partial charge < -0.3 is 20.1 Å². The topological polar surface area (TPSA) is 138 Å². The Morgan fingerprint density at radius 1 is 1.03 bits per heavy atom. The van der Waals surface area contributed by atoms with E-state index < -0.39 is 17.1 Å². The summed E-state index contributed by atoms with van der Waals surface area (Å²) in [6, 6.07) is 15.7. The van der Waals surface area contributed by atoms with E-state index in [0.717, 1.165) is 0 Å². The van der Waals surface area contributed by atoms with Gasteiger partial charge in [-0.3, -0.25) is 14.5 Å². The zero-order chi connectivity index (χ0) is 23.1. The molecule has 4 N–H and O–H groups in total. The van der Waals surface area contributed by atoms with Gasteiger partial charge >= 0.3 is 7.12 Å². The number of aromatic nitrogens is 1. The zero-order valence-electron chi connectivity index (χ0n) is 17.2. The number of anilines is 1. The Balaban J connectivity index is 1.53. The van der Waals surface area contributed by atoms with Crippen LogP contribution in [0.2, 0.25) is 0 Å². The standard InChI is InChI=1S/C21H22BN3O6S/c1-31-19-8-10-20(11-9-19)32(29,30)25-17-5-2-15(3-6-17)12-21(26)24-14-18-7-4-16(13-23-18)22(27)28/h2-11,13,25,27-28H,12,14H2,1H3,(H,24,26). The van der Waals surface area contributed by atoms with E-state index >= 15 is 0 Å². The zero-order valence-corrected chi connectivity index (χ0v) is 18.0. The number of carbonyl (C=O) groups excluding carboxylic acids is 1. The molecule has 2 aromatic carbocycles. The summed E-state index contributed by atoms with van der Waals surface area (Å²) < 4.78 is 32.5. The van der Waals surface area contributed by atoms with Gasteiger partial charge in [-0.05, 0) is 48.0 Å². The molecule has 3 aromatic rings. The molecule has 0 bridgehead atoms. The third-order valence-electron chi connectivity index (χ3n) is 4.55. The van der Waals surface area contributed by atoms with Crippen LogP contribution in [0.3, 0.4) is 0 Å². The molecule has 0 saturated carbocycles. The fourth-order valence-electron chi connectivity index (χ4n) is 2.79. The minimum absolute atomic E-state index is 0.108. The Labute approximate surface area is 186 Å². The molecule has 11 heteroatoms. The Morgan fingerprint density at radius 2 is 1.72 bits per heavy atom. The first kappa shape index (κ1) is 23.3. The van der Waals surface area contributed by atoms with Crippen molar-refractivity contribution in [1.82, 2.24) is 10.3 Å². The van der Waals surface area contributed by atoms with E-state index in [1.165, 1.54) is 31.5 Å². The van der Waals surface area contributed by atoms with E-state index in [1.807, 2.05) is 0 Å². The molecule has 0 atom stereocenters. The largest absolute Gasteiger partial charge is 0.497 e. The number of rotatable bonds is 9. The van der Waals surface area contributed by atoms with Gasteiger partial charge in [-0.1, -0.05) is 18.2 Å². The summed E-state index contributed by atoms with van der Waals surface area (Å²) in [6.07, 6.45) is 1.44. The highest BCUT2D eigenvalue weighted by Crippen LogP contribution is 2.19. The van der Waals surface area contributed by atoms with Gasteiger partial charge in [0.15, 0.2) is 0 Å². The lowest BCUT2D eigenvalue weighted by Gasteiger charge is -2.10. The highest BCUT2D eigenvalue weighted by molar-refractivity contribution is 7.92. The summed E-state index contributed by atoms with van der Waals surface area (Å²) in [6.45, 7) is 0.195. The van der Waals surface area contributed by atoms with Crippen LogP contribution in [0.5, 0.6) is 5.75 Å². The SMILES string of the molecule is COc1ccc(S(=O)(=O)Nc2ccc(CC(=O)NCc3ccc(B(O)O)cn3)cc2)cc1. The number of benzene rings is 2. The summed E-state index contributed by atoms with van der Waals surface area (Å²) in [5.41, 5.74) is 1.93. The van der Waals surface area contributed by atoms with Crippen LogP contribution in [0.15, 0.2) is 71.8 Å². The predicted octanol–water partition coefficient (Wildman–Crippen LogP) is 0.430. The van der Waals surface area contributed by atoms with Gasteiger partial charge in [-0.2, -0.15) is 0 Å². The number of ether oxygens (including phenoxy) is 1. The van der Waals surface area contributed by atoms with E-state index in [9.17, 15) is 13.2 Å². The molecular formula is C21H22BN3O6S. The number of nitrogens with zero attached hydrogens (tertiary/aromatic N) is 1. The van der Waals surface area contributed by atoms with E-state index in [4.69, 9.17) is 14.8 Å². The second-order valence-corrected chi connectivity index (χ2v) is 8.57. The maximum Gasteiger partial charge on any atom is 0.490 e. The monoisotopic (exact) mass is 455 g/mol. The molecule has 9 nitrogen and oxygen atoms in total. The maximum atomic E-state index is 12.5. The van der Waals surface area contributed by atoms with E-state index in [1.54, 1.807) is 42.5 Å². The Hall–Kier alpha value is -3.41. The van der Waals surface area contributed by atoms with Crippen LogP contribution in [0, 0.1) is 0 Å². The van der Waals surface area contributed by atoms with Crippen molar-refractivity contribution in [2.75, 3.05) is 11.8 Å². The molecule has 32 heavy (non-hydrogen) atoms. The summed E-state index contributed by atoms with van der Waals surface area (Å²) in [5.74, 6) is 0.327. The first-order valence-corrected chi connectivity index (χ1v) is 11.1. The molecule has 3 rings (SSSR count). The first-order valence-electron chi connectivity index (χ1n) is 9.60. The Bertz CT molecular complexity index is 1150. The quantitative estimate of drug-likeness (QED) is 0.344. The van der Waals surface area contributed by atoms with Crippen LogP contribution in [0.1, 0.15) is 11.3 Å². The van der Waals surface area contributed by atoms with Crippen molar-refractivity contribution >= 4 is 34.2 Å². The van der Waals surface area contributed by atoms with E-state index in [2.05, 4.69) is 15.0 Å². The number of sulfonamides is 1. The van der Waals surface area contributed by atoms with Gasteiger partial charge in [0.1, 0.15) is 5.75 Å². The highest BCUT2D eigenvalue weighted by Gasteiger charge is 2.15. The normalized spacial score (nSPS) is 11.0. The van der Waals surface area contributed by atoms with Crippen LogP contribution in [0.4, 0.5) is 5.69 Å². The van der Waals surface area contributed by atoms with Crippen molar-refractivity contribution in [3.8, 4) is 5.75 Å². The molecule has 0 spiro atoms. The summed E-state index contributed by atoms with van der Waals surface area (Å²) >= 11 is 0. The average Bonchev–Trinajstić information content (AvgIpc) is 2.79. The number of carbonyl (C=O) groups is 1. The number of amides is 1.